The van der Waals surface area contributed by atoms with Gasteiger partial charge in [0.15, 0.2) is 0 Å². The van der Waals surface area contributed by atoms with E-state index in [2.05, 4.69) is 15.9 Å². The van der Waals surface area contributed by atoms with Gasteiger partial charge in [0.25, 0.3) is 0 Å². The van der Waals surface area contributed by atoms with Gasteiger partial charge < -0.3 is 10.2 Å². The minimum Gasteiger partial charge on any atom is -0.506 e. The smallest absolute Gasteiger partial charge is 0.420 e. The molecule has 0 aliphatic heterocycles. The standard InChI is InChI=1S/C12H10BrF3O3/c13-8-4-6(11(1-2-11)5-9(17)18)3-7(10(8)19)12(14,15)16/h3-4,19H,1-2,5H2,(H,17,18). The summed E-state index contributed by atoms with van der Waals surface area (Å²) < 4.78 is 38.3. The van der Waals surface area contributed by atoms with Crippen LogP contribution in [0, 0.1) is 0 Å². The fraction of sp³-hybridized carbons (Fsp3) is 0.417. The summed E-state index contributed by atoms with van der Waals surface area (Å²) in [7, 11) is 0. The lowest BCUT2D eigenvalue weighted by atomic mass is 9.91. The van der Waals surface area contributed by atoms with Crippen LogP contribution < -0.4 is 0 Å². The molecule has 1 fully saturated rings. The predicted molar refractivity (Wildman–Crippen MR) is 64.0 cm³/mol. The van der Waals surface area contributed by atoms with Crippen LogP contribution >= 0.6 is 15.9 Å². The fourth-order valence-electron chi connectivity index (χ4n) is 2.13. The number of aliphatic carboxylic acids is 1. The largest absolute Gasteiger partial charge is 0.506 e. The van der Waals surface area contributed by atoms with Gasteiger partial charge in [-0.1, -0.05) is 0 Å². The molecular formula is C12H10BrF3O3. The van der Waals surface area contributed by atoms with Crippen LogP contribution in [0.2, 0.25) is 0 Å². The molecule has 0 saturated heterocycles. The van der Waals surface area contributed by atoms with Crippen molar-refractivity contribution in [2.45, 2.75) is 30.9 Å². The molecule has 2 N–H and O–H groups in total. The molecule has 1 saturated carbocycles. The molecule has 104 valence electrons. The van der Waals surface area contributed by atoms with Gasteiger partial charge in [-0.15, -0.1) is 0 Å². The van der Waals surface area contributed by atoms with Crippen LogP contribution in [0.4, 0.5) is 13.2 Å². The first-order valence-corrected chi connectivity index (χ1v) is 6.27. The number of alkyl halides is 3. The normalized spacial score (nSPS) is 17.3. The molecular weight excluding hydrogens is 329 g/mol. The van der Waals surface area contributed by atoms with E-state index < -0.39 is 28.9 Å². The Morgan fingerprint density at radius 2 is 1.95 bits per heavy atom. The van der Waals surface area contributed by atoms with E-state index in [0.29, 0.717) is 18.4 Å². The Bertz CT molecular complexity index is 536. The number of benzene rings is 1. The minimum atomic E-state index is -4.68. The second kappa shape index (κ2) is 4.40. The van der Waals surface area contributed by atoms with Gasteiger partial charge in [0.1, 0.15) is 5.75 Å². The second-order valence-electron chi connectivity index (χ2n) is 4.70. The highest BCUT2D eigenvalue weighted by atomic mass is 79.9. The van der Waals surface area contributed by atoms with Crippen molar-refractivity contribution < 1.29 is 28.2 Å². The van der Waals surface area contributed by atoms with E-state index in [4.69, 9.17) is 5.11 Å². The van der Waals surface area contributed by atoms with Crippen LogP contribution in [0.25, 0.3) is 0 Å². The van der Waals surface area contributed by atoms with Crippen LogP contribution in [0.1, 0.15) is 30.4 Å². The highest BCUT2D eigenvalue weighted by Gasteiger charge is 2.47. The van der Waals surface area contributed by atoms with E-state index in [-0.39, 0.29) is 10.9 Å². The molecule has 0 atom stereocenters. The average molecular weight is 339 g/mol. The van der Waals surface area contributed by atoms with Crippen molar-refractivity contribution in [3.05, 3.63) is 27.7 Å². The van der Waals surface area contributed by atoms with Crippen molar-refractivity contribution >= 4 is 21.9 Å². The SMILES string of the molecule is O=C(O)CC1(c2cc(Br)c(O)c(C(F)(F)F)c2)CC1. The second-order valence-corrected chi connectivity index (χ2v) is 5.56. The van der Waals surface area contributed by atoms with Gasteiger partial charge >= 0.3 is 12.1 Å². The molecule has 0 amide bonds. The van der Waals surface area contributed by atoms with Crippen LogP contribution in [0.15, 0.2) is 16.6 Å². The fourth-order valence-corrected chi connectivity index (χ4v) is 2.59. The number of phenols is 1. The maximum absolute atomic E-state index is 12.8. The van der Waals surface area contributed by atoms with Gasteiger partial charge in [-0.05, 0) is 46.5 Å². The first-order valence-electron chi connectivity index (χ1n) is 5.48. The topological polar surface area (TPSA) is 57.5 Å². The molecule has 0 heterocycles. The van der Waals surface area contributed by atoms with Gasteiger partial charge in [-0.2, -0.15) is 13.2 Å². The average Bonchev–Trinajstić information content (AvgIpc) is 3.00. The van der Waals surface area contributed by atoms with E-state index >= 15 is 0 Å². The number of aromatic hydroxyl groups is 1. The summed E-state index contributed by atoms with van der Waals surface area (Å²) >= 11 is 2.88. The van der Waals surface area contributed by atoms with Crippen LogP contribution in [-0.2, 0) is 16.4 Å². The summed E-state index contributed by atoms with van der Waals surface area (Å²) in [6, 6.07) is 2.20. The molecule has 19 heavy (non-hydrogen) atoms. The number of carboxylic acids is 1. The quantitative estimate of drug-likeness (QED) is 0.883. The summed E-state index contributed by atoms with van der Waals surface area (Å²) in [5, 5.41) is 18.3. The summed E-state index contributed by atoms with van der Waals surface area (Å²) in [6.45, 7) is 0. The Labute approximate surface area is 115 Å². The van der Waals surface area contributed by atoms with Crippen LogP contribution in [-0.4, -0.2) is 16.2 Å². The van der Waals surface area contributed by atoms with Crippen LogP contribution in [0.3, 0.4) is 0 Å². The molecule has 1 aromatic rings. The predicted octanol–water partition coefficient (Wildman–Crippen LogP) is 3.68. The highest BCUT2D eigenvalue weighted by Crippen LogP contribution is 2.53. The number of carbonyl (C=O) groups is 1. The maximum atomic E-state index is 12.8. The van der Waals surface area contributed by atoms with Gasteiger partial charge in [-0.3, -0.25) is 4.79 Å². The number of hydrogen-bond donors (Lipinski definition) is 2. The zero-order valence-corrected chi connectivity index (χ0v) is 11.2. The third-order valence-electron chi connectivity index (χ3n) is 3.32. The Morgan fingerprint density at radius 3 is 2.37 bits per heavy atom. The van der Waals surface area contributed by atoms with Crippen molar-refractivity contribution in [2.75, 3.05) is 0 Å². The van der Waals surface area contributed by atoms with E-state index in [1.54, 1.807) is 0 Å². The van der Waals surface area contributed by atoms with Crippen molar-refractivity contribution in [1.29, 1.82) is 0 Å². The molecule has 3 nitrogen and oxygen atoms in total. The number of hydrogen-bond acceptors (Lipinski definition) is 2. The summed E-state index contributed by atoms with van der Waals surface area (Å²) in [4.78, 5) is 10.8. The van der Waals surface area contributed by atoms with Crippen molar-refractivity contribution in [1.82, 2.24) is 0 Å². The van der Waals surface area contributed by atoms with E-state index in [1.165, 1.54) is 6.07 Å². The first kappa shape index (κ1) is 14.2. The lowest BCUT2D eigenvalue weighted by Crippen LogP contribution is -2.15. The Kier molecular flexibility index (Phi) is 3.28. The first-order chi connectivity index (χ1) is 8.66. The third kappa shape index (κ3) is 2.70. The number of phenolic OH excluding ortho intramolecular Hbond substituents is 1. The van der Waals surface area contributed by atoms with Gasteiger partial charge in [-0.25, -0.2) is 0 Å². The van der Waals surface area contributed by atoms with Crippen molar-refractivity contribution in [3.8, 4) is 5.75 Å². The van der Waals surface area contributed by atoms with E-state index in [0.717, 1.165) is 6.07 Å². The van der Waals surface area contributed by atoms with E-state index in [1.807, 2.05) is 0 Å². The monoisotopic (exact) mass is 338 g/mol. The Hall–Kier alpha value is -1.24. The summed E-state index contributed by atoms with van der Waals surface area (Å²) in [6.07, 6.45) is -3.81. The third-order valence-corrected chi connectivity index (χ3v) is 3.93. The lowest BCUT2D eigenvalue weighted by molar-refractivity contribution is -0.139. The zero-order chi connectivity index (χ0) is 14.4. The molecule has 1 aromatic carbocycles. The lowest BCUT2D eigenvalue weighted by Gasteiger charge is -2.18. The summed E-state index contributed by atoms with van der Waals surface area (Å²) in [5.41, 5.74) is -1.58. The minimum absolute atomic E-state index is 0.0750. The molecule has 0 unspecified atom stereocenters. The number of halogens is 4. The van der Waals surface area contributed by atoms with Gasteiger partial charge in [0.2, 0.25) is 0 Å². The van der Waals surface area contributed by atoms with Crippen LogP contribution in [0.5, 0.6) is 5.75 Å². The van der Waals surface area contributed by atoms with Crippen molar-refractivity contribution in [3.63, 3.8) is 0 Å². The highest BCUT2D eigenvalue weighted by molar-refractivity contribution is 9.10. The molecule has 7 heteroatoms. The molecule has 1 aliphatic carbocycles. The Balaban J connectivity index is 2.49. The molecule has 0 aromatic heterocycles. The number of rotatable bonds is 3. The molecule has 2 rings (SSSR count). The van der Waals surface area contributed by atoms with E-state index in [9.17, 15) is 23.1 Å². The molecule has 0 bridgehead atoms. The van der Waals surface area contributed by atoms with Crippen molar-refractivity contribution in [2.24, 2.45) is 0 Å². The molecule has 1 aliphatic rings. The zero-order valence-electron chi connectivity index (χ0n) is 9.59. The van der Waals surface area contributed by atoms with Gasteiger partial charge in [0.05, 0.1) is 16.5 Å². The molecule has 0 spiro atoms. The number of carboxylic acid groups (broad SMARTS) is 1. The molecule has 0 radical (unpaired) electrons. The Morgan fingerprint density at radius 1 is 1.37 bits per heavy atom. The van der Waals surface area contributed by atoms with Gasteiger partial charge in [0, 0.05) is 5.41 Å². The summed E-state index contributed by atoms with van der Waals surface area (Å²) in [5.74, 6) is -1.92. The maximum Gasteiger partial charge on any atom is 0.420 e.